The molecule has 0 N–H and O–H groups in total. The van der Waals surface area contributed by atoms with Gasteiger partial charge in [-0.05, 0) is 31.7 Å². The zero-order chi connectivity index (χ0) is 14.2. The highest BCUT2D eigenvalue weighted by molar-refractivity contribution is 5.98. The van der Waals surface area contributed by atoms with Crippen LogP contribution < -0.4 is 0 Å². The van der Waals surface area contributed by atoms with Crippen molar-refractivity contribution in [3.05, 3.63) is 35.4 Å². The lowest BCUT2D eigenvalue weighted by molar-refractivity contribution is -0.0441. The molecular weight excluding hydrogens is 268 g/mol. The van der Waals surface area contributed by atoms with E-state index in [2.05, 4.69) is 0 Å². The summed E-state index contributed by atoms with van der Waals surface area (Å²) in [4.78, 5) is 12.7. The number of rotatable bonds is 3. The molecule has 2 atom stereocenters. The molecule has 2 unspecified atom stereocenters. The van der Waals surface area contributed by atoms with Crippen molar-refractivity contribution in [2.24, 2.45) is 5.92 Å². The van der Waals surface area contributed by atoms with E-state index in [4.69, 9.17) is 14.2 Å². The molecular formula is C17H20O4. The van der Waals surface area contributed by atoms with Crippen molar-refractivity contribution in [3.63, 3.8) is 0 Å². The number of hydrogen-bond donors (Lipinski definition) is 0. The molecule has 21 heavy (non-hydrogen) atoms. The van der Waals surface area contributed by atoms with Gasteiger partial charge >= 0.3 is 0 Å². The minimum atomic E-state index is -0.316. The van der Waals surface area contributed by atoms with Crippen LogP contribution in [0.3, 0.4) is 0 Å². The number of benzene rings is 1. The van der Waals surface area contributed by atoms with Crippen molar-refractivity contribution < 1.29 is 19.0 Å². The molecule has 0 saturated carbocycles. The molecule has 1 aromatic carbocycles. The summed E-state index contributed by atoms with van der Waals surface area (Å²) in [5, 5.41) is 0. The summed E-state index contributed by atoms with van der Waals surface area (Å²) in [6.45, 7) is 1.23. The van der Waals surface area contributed by atoms with Crippen LogP contribution in [0.1, 0.15) is 47.9 Å². The van der Waals surface area contributed by atoms with E-state index < -0.39 is 0 Å². The van der Waals surface area contributed by atoms with Crippen LogP contribution in [0.2, 0.25) is 0 Å². The van der Waals surface area contributed by atoms with E-state index in [0.717, 1.165) is 36.8 Å². The number of ether oxygens (including phenoxy) is 3. The van der Waals surface area contributed by atoms with E-state index in [9.17, 15) is 4.79 Å². The van der Waals surface area contributed by atoms with Crippen molar-refractivity contribution in [2.45, 2.75) is 44.2 Å². The summed E-state index contributed by atoms with van der Waals surface area (Å²) in [7, 11) is 0. The highest BCUT2D eigenvalue weighted by Gasteiger charge is 2.38. The van der Waals surface area contributed by atoms with Crippen molar-refractivity contribution in [3.8, 4) is 0 Å². The fraction of sp³-hybridized carbons (Fsp3) is 0.588. The molecule has 3 aliphatic rings. The van der Waals surface area contributed by atoms with Gasteiger partial charge in [0, 0.05) is 17.0 Å². The SMILES string of the molecule is O=C(c1cccc(C2OCCO2)c1)C1CC2CCC(C1)O2. The molecule has 1 aromatic rings. The van der Waals surface area contributed by atoms with Gasteiger partial charge in [0.1, 0.15) is 0 Å². The standard InChI is InChI=1S/C17H20O4/c18-16(13-9-14-4-5-15(10-13)21-14)11-2-1-3-12(8-11)17-19-6-7-20-17/h1-3,8,13-15,17H,4-7,9-10H2. The van der Waals surface area contributed by atoms with E-state index in [0.29, 0.717) is 25.4 Å². The highest BCUT2D eigenvalue weighted by atomic mass is 16.7. The Kier molecular flexibility index (Phi) is 3.53. The predicted octanol–water partition coefficient (Wildman–Crippen LogP) is 2.87. The monoisotopic (exact) mass is 288 g/mol. The summed E-state index contributed by atoms with van der Waals surface area (Å²) in [6.07, 6.45) is 4.23. The number of ketones is 1. The normalized spacial score (nSPS) is 32.5. The third kappa shape index (κ3) is 2.63. The fourth-order valence-electron chi connectivity index (χ4n) is 3.70. The molecule has 0 aromatic heterocycles. The zero-order valence-electron chi connectivity index (χ0n) is 12.0. The zero-order valence-corrected chi connectivity index (χ0v) is 12.0. The smallest absolute Gasteiger partial charge is 0.184 e. The van der Waals surface area contributed by atoms with E-state index in [1.54, 1.807) is 0 Å². The third-order valence-electron chi connectivity index (χ3n) is 4.73. The molecule has 0 radical (unpaired) electrons. The van der Waals surface area contributed by atoms with Gasteiger partial charge in [0.2, 0.25) is 0 Å². The molecule has 3 fully saturated rings. The Bertz CT molecular complexity index is 523. The first-order chi connectivity index (χ1) is 10.3. The molecule has 4 heteroatoms. The van der Waals surface area contributed by atoms with Crippen molar-refractivity contribution >= 4 is 5.78 Å². The Balaban J connectivity index is 1.52. The lowest BCUT2D eigenvalue weighted by atomic mass is 9.87. The van der Waals surface area contributed by atoms with Crippen LogP contribution in [0, 0.1) is 5.92 Å². The summed E-state index contributed by atoms with van der Waals surface area (Å²) < 4.78 is 16.8. The first kappa shape index (κ1) is 13.4. The average Bonchev–Trinajstić information content (AvgIpc) is 3.16. The Morgan fingerprint density at radius 3 is 2.48 bits per heavy atom. The number of fused-ring (bicyclic) bond motifs is 2. The molecule has 3 heterocycles. The molecule has 0 aliphatic carbocycles. The minimum absolute atomic E-state index is 0.108. The van der Waals surface area contributed by atoms with E-state index in [1.165, 1.54) is 0 Å². The van der Waals surface area contributed by atoms with Gasteiger partial charge in [-0.15, -0.1) is 0 Å². The number of hydrogen-bond acceptors (Lipinski definition) is 4. The fourth-order valence-corrected chi connectivity index (χ4v) is 3.70. The molecule has 2 bridgehead atoms. The van der Waals surface area contributed by atoms with Gasteiger partial charge in [0.25, 0.3) is 0 Å². The number of carbonyl (C=O) groups is 1. The molecule has 112 valence electrons. The quantitative estimate of drug-likeness (QED) is 0.802. The molecule has 4 rings (SSSR count). The Hall–Kier alpha value is -1.23. The maximum atomic E-state index is 12.7. The Labute approximate surface area is 124 Å². The summed E-state index contributed by atoms with van der Waals surface area (Å²) in [5.41, 5.74) is 1.71. The molecule has 0 amide bonds. The first-order valence-electron chi connectivity index (χ1n) is 7.82. The summed E-state index contributed by atoms with van der Waals surface area (Å²) >= 11 is 0. The van der Waals surface area contributed by atoms with Gasteiger partial charge in [-0.25, -0.2) is 0 Å². The second-order valence-electron chi connectivity index (χ2n) is 6.19. The lowest BCUT2D eigenvalue weighted by Crippen LogP contribution is -2.30. The van der Waals surface area contributed by atoms with Gasteiger partial charge < -0.3 is 14.2 Å². The van der Waals surface area contributed by atoms with E-state index in [-0.39, 0.29) is 18.0 Å². The predicted molar refractivity (Wildman–Crippen MR) is 76.0 cm³/mol. The third-order valence-corrected chi connectivity index (χ3v) is 4.73. The second-order valence-corrected chi connectivity index (χ2v) is 6.19. The van der Waals surface area contributed by atoms with Crippen LogP contribution in [-0.2, 0) is 14.2 Å². The van der Waals surface area contributed by atoms with Crippen LogP contribution in [0.15, 0.2) is 24.3 Å². The largest absolute Gasteiger partial charge is 0.375 e. The molecule has 0 spiro atoms. The summed E-state index contributed by atoms with van der Waals surface area (Å²) in [6, 6.07) is 7.70. The van der Waals surface area contributed by atoms with Gasteiger partial charge in [-0.2, -0.15) is 0 Å². The van der Waals surface area contributed by atoms with Crippen molar-refractivity contribution in [1.82, 2.24) is 0 Å². The van der Waals surface area contributed by atoms with Crippen LogP contribution in [0.4, 0.5) is 0 Å². The molecule has 4 nitrogen and oxygen atoms in total. The van der Waals surface area contributed by atoms with Gasteiger partial charge in [-0.3, -0.25) is 4.79 Å². The van der Waals surface area contributed by atoms with E-state index in [1.807, 2.05) is 24.3 Å². The van der Waals surface area contributed by atoms with Gasteiger partial charge in [0.05, 0.1) is 25.4 Å². The number of carbonyl (C=O) groups excluding carboxylic acids is 1. The lowest BCUT2D eigenvalue weighted by Gasteiger charge is -2.27. The maximum Gasteiger partial charge on any atom is 0.184 e. The number of Topliss-reactive ketones (excluding diaryl/α,β-unsaturated/α-hetero) is 1. The molecule has 3 aliphatic heterocycles. The van der Waals surface area contributed by atoms with Crippen molar-refractivity contribution in [1.29, 1.82) is 0 Å². The highest BCUT2D eigenvalue weighted by Crippen LogP contribution is 2.37. The summed E-state index contributed by atoms with van der Waals surface area (Å²) in [5.74, 6) is 0.354. The topological polar surface area (TPSA) is 44.8 Å². The van der Waals surface area contributed by atoms with Crippen LogP contribution in [-0.4, -0.2) is 31.2 Å². The van der Waals surface area contributed by atoms with E-state index >= 15 is 0 Å². The first-order valence-corrected chi connectivity index (χ1v) is 7.82. The second kappa shape index (κ2) is 5.52. The maximum absolute atomic E-state index is 12.7. The van der Waals surface area contributed by atoms with Crippen LogP contribution >= 0.6 is 0 Å². The average molecular weight is 288 g/mol. The Morgan fingerprint density at radius 2 is 1.76 bits per heavy atom. The van der Waals surface area contributed by atoms with Crippen LogP contribution in [0.5, 0.6) is 0 Å². The minimum Gasteiger partial charge on any atom is -0.375 e. The van der Waals surface area contributed by atoms with Crippen molar-refractivity contribution in [2.75, 3.05) is 13.2 Å². The Morgan fingerprint density at radius 1 is 1.05 bits per heavy atom. The molecule has 3 saturated heterocycles. The van der Waals surface area contributed by atoms with Crippen LogP contribution in [0.25, 0.3) is 0 Å². The van der Waals surface area contributed by atoms with Gasteiger partial charge in [-0.1, -0.05) is 18.2 Å². The van der Waals surface area contributed by atoms with Gasteiger partial charge in [0.15, 0.2) is 12.1 Å².